The number of hydrogen-bond acceptors (Lipinski definition) is 3. The number of hydrogen-bond donors (Lipinski definition) is 3. The third-order valence-corrected chi connectivity index (χ3v) is 3.17. The van der Waals surface area contributed by atoms with E-state index in [0.717, 1.165) is 10.0 Å². The predicted octanol–water partition coefficient (Wildman–Crippen LogP) is 1.62. The zero-order valence-electron chi connectivity index (χ0n) is 9.40. The van der Waals surface area contributed by atoms with Gasteiger partial charge in [-0.2, -0.15) is 0 Å². The van der Waals surface area contributed by atoms with Crippen LogP contribution in [-0.4, -0.2) is 23.5 Å². The maximum absolute atomic E-state index is 11.8. The molecule has 0 saturated carbocycles. The van der Waals surface area contributed by atoms with E-state index in [-0.39, 0.29) is 11.7 Å². The van der Waals surface area contributed by atoms with Crippen LogP contribution in [0.2, 0.25) is 0 Å². The molecule has 0 heterocycles. The second-order valence-electron chi connectivity index (χ2n) is 3.51. The average Bonchev–Trinajstić information content (AvgIpc) is 2.32. The van der Waals surface area contributed by atoms with Crippen LogP contribution in [0.25, 0.3) is 0 Å². The molecule has 1 rings (SSSR count). The van der Waals surface area contributed by atoms with E-state index in [0.29, 0.717) is 18.5 Å². The van der Waals surface area contributed by atoms with Crippen molar-refractivity contribution in [2.24, 2.45) is 10.9 Å². The summed E-state index contributed by atoms with van der Waals surface area (Å²) in [6.07, 6.45) is 0.315. The van der Waals surface area contributed by atoms with Crippen molar-refractivity contribution >= 4 is 27.7 Å². The number of nitrogens with two attached hydrogens (primary N) is 1. The van der Waals surface area contributed by atoms with Crippen molar-refractivity contribution in [2.75, 3.05) is 6.54 Å². The van der Waals surface area contributed by atoms with Gasteiger partial charge in [-0.05, 0) is 24.6 Å². The van der Waals surface area contributed by atoms with E-state index in [1.807, 2.05) is 13.0 Å². The molecule has 1 aromatic carbocycles. The van der Waals surface area contributed by atoms with E-state index in [4.69, 9.17) is 10.9 Å². The fourth-order valence-electron chi connectivity index (χ4n) is 1.30. The zero-order valence-corrected chi connectivity index (χ0v) is 11.0. The Bertz CT molecular complexity index is 446. The summed E-state index contributed by atoms with van der Waals surface area (Å²) in [5.41, 5.74) is 6.79. The van der Waals surface area contributed by atoms with Crippen LogP contribution in [-0.2, 0) is 0 Å². The van der Waals surface area contributed by atoms with Gasteiger partial charge in [0.2, 0.25) is 0 Å². The molecule has 0 unspecified atom stereocenters. The maximum Gasteiger partial charge on any atom is 0.251 e. The van der Waals surface area contributed by atoms with Gasteiger partial charge in [0.15, 0.2) is 0 Å². The highest BCUT2D eigenvalue weighted by Crippen LogP contribution is 2.19. The highest BCUT2D eigenvalue weighted by molar-refractivity contribution is 9.10. The van der Waals surface area contributed by atoms with Crippen LogP contribution >= 0.6 is 15.9 Å². The van der Waals surface area contributed by atoms with Crippen molar-refractivity contribution in [2.45, 2.75) is 13.3 Å². The molecule has 5 nitrogen and oxygen atoms in total. The Balaban J connectivity index is 2.62. The van der Waals surface area contributed by atoms with Crippen LogP contribution in [0.15, 0.2) is 27.8 Å². The lowest BCUT2D eigenvalue weighted by Crippen LogP contribution is -2.28. The Labute approximate surface area is 108 Å². The second-order valence-corrected chi connectivity index (χ2v) is 4.36. The first-order valence-electron chi connectivity index (χ1n) is 5.06. The number of amidine groups is 1. The predicted molar refractivity (Wildman–Crippen MR) is 69.2 cm³/mol. The Kier molecular flexibility index (Phi) is 4.96. The van der Waals surface area contributed by atoms with Gasteiger partial charge in [-0.15, -0.1) is 0 Å². The van der Waals surface area contributed by atoms with E-state index in [1.165, 1.54) is 0 Å². The van der Waals surface area contributed by atoms with Crippen molar-refractivity contribution in [3.8, 4) is 0 Å². The molecule has 6 heteroatoms. The van der Waals surface area contributed by atoms with Gasteiger partial charge in [0.1, 0.15) is 5.84 Å². The van der Waals surface area contributed by atoms with Gasteiger partial charge >= 0.3 is 0 Å². The first-order chi connectivity index (χ1) is 8.06. The van der Waals surface area contributed by atoms with E-state index >= 15 is 0 Å². The van der Waals surface area contributed by atoms with Crippen LogP contribution in [0.4, 0.5) is 0 Å². The Hall–Kier alpha value is -1.56. The van der Waals surface area contributed by atoms with Gasteiger partial charge in [0, 0.05) is 23.0 Å². The zero-order chi connectivity index (χ0) is 12.8. The van der Waals surface area contributed by atoms with Crippen molar-refractivity contribution in [1.82, 2.24) is 5.32 Å². The van der Waals surface area contributed by atoms with Gasteiger partial charge in [0.05, 0.1) is 0 Å². The molecule has 0 aliphatic rings. The molecule has 4 N–H and O–H groups in total. The number of benzene rings is 1. The lowest BCUT2D eigenvalue weighted by atomic mass is 10.1. The van der Waals surface area contributed by atoms with Crippen LogP contribution in [0.3, 0.4) is 0 Å². The largest absolute Gasteiger partial charge is 0.409 e. The summed E-state index contributed by atoms with van der Waals surface area (Å²) in [6.45, 7) is 2.20. The summed E-state index contributed by atoms with van der Waals surface area (Å²) in [6, 6.07) is 5.43. The summed E-state index contributed by atoms with van der Waals surface area (Å²) in [5, 5.41) is 13.9. The summed E-state index contributed by atoms with van der Waals surface area (Å²) < 4.78 is 0.890. The summed E-state index contributed by atoms with van der Waals surface area (Å²) in [7, 11) is 0. The number of rotatable bonds is 4. The minimum atomic E-state index is -0.172. The fourth-order valence-corrected chi connectivity index (χ4v) is 1.67. The molecule has 0 aromatic heterocycles. The average molecular weight is 300 g/mol. The molecule has 0 radical (unpaired) electrons. The molecule has 92 valence electrons. The normalized spacial score (nSPS) is 11.3. The monoisotopic (exact) mass is 299 g/mol. The molecule has 0 aliphatic carbocycles. The van der Waals surface area contributed by atoms with Crippen LogP contribution in [0.5, 0.6) is 0 Å². The third-order valence-electron chi connectivity index (χ3n) is 2.31. The highest BCUT2D eigenvalue weighted by Gasteiger charge is 2.09. The number of halogens is 1. The molecule has 0 spiro atoms. The lowest BCUT2D eigenvalue weighted by molar-refractivity contribution is 0.0954. The number of oxime groups is 1. The van der Waals surface area contributed by atoms with E-state index in [1.54, 1.807) is 12.1 Å². The maximum atomic E-state index is 11.8. The quantitative estimate of drug-likeness (QED) is 0.342. The molecule has 1 aromatic rings. The minimum absolute atomic E-state index is 0.0938. The summed E-state index contributed by atoms with van der Waals surface area (Å²) >= 11 is 3.36. The molecule has 0 fully saturated rings. The number of carbonyl (C=O) groups excluding carboxylic acids is 1. The topological polar surface area (TPSA) is 87.7 Å². The smallest absolute Gasteiger partial charge is 0.251 e. The van der Waals surface area contributed by atoms with Gasteiger partial charge in [-0.25, -0.2) is 0 Å². The fraction of sp³-hybridized carbons (Fsp3) is 0.273. The molecule has 0 bridgehead atoms. The molecule has 1 amide bonds. The molecule has 0 saturated heterocycles. The van der Waals surface area contributed by atoms with Crippen molar-refractivity contribution in [3.05, 3.63) is 33.8 Å². The van der Waals surface area contributed by atoms with Crippen LogP contribution in [0, 0.1) is 6.92 Å². The summed E-state index contributed by atoms with van der Waals surface area (Å²) in [4.78, 5) is 11.8. The lowest BCUT2D eigenvalue weighted by Gasteiger charge is -2.08. The molecular formula is C11H14BrN3O2. The number of nitrogens with one attached hydrogen (secondary N) is 1. The van der Waals surface area contributed by atoms with E-state index in [2.05, 4.69) is 26.4 Å². The Morgan fingerprint density at radius 2 is 2.29 bits per heavy atom. The van der Waals surface area contributed by atoms with Crippen molar-refractivity contribution in [3.63, 3.8) is 0 Å². The van der Waals surface area contributed by atoms with Crippen LogP contribution in [0.1, 0.15) is 22.3 Å². The first-order valence-corrected chi connectivity index (χ1v) is 5.85. The Morgan fingerprint density at radius 1 is 1.59 bits per heavy atom. The summed E-state index contributed by atoms with van der Waals surface area (Å²) in [5.74, 6) is -0.0780. The number of amides is 1. The number of nitrogens with zero attached hydrogens (tertiary/aromatic N) is 1. The Morgan fingerprint density at radius 3 is 2.94 bits per heavy atom. The minimum Gasteiger partial charge on any atom is -0.409 e. The number of carbonyl (C=O) groups is 1. The standard InChI is InChI=1S/C11H14BrN3O2/c1-7-8(3-2-4-9(7)12)11(16)14-6-5-10(13)15-17/h2-4,17H,5-6H2,1H3,(H2,13,15)(H,14,16). The van der Waals surface area contributed by atoms with Crippen LogP contribution < -0.4 is 11.1 Å². The van der Waals surface area contributed by atoms with Gasteiger partial charge in [0.25, 0.3) is 5.91 Å². The van der Waals surface area contributed by atoms with E-state index < -0.39 is 0 Å². The second kappa shape index (κ2) is 6.24. The molecule has 17 heavy (non-hydrogen) atoms. The molecule has 0 aliphatic heterocycles. The molecular weight excluding hydrogens is 286 g/mol. The van der Waals surface area contributed by atoms with Crippen molar-refractivity contribution < 1.29 is 10.0 Å². The SMILES string of the molecule is Cc1c(Br)cccc1C(=O)NCCC(N)=NO. The van der Waals surface area contributed by atoms with E-state index in [9.17, 15) is 4.79 Å². The van der Waals surface area contributed by atoms with Crippen molar-refractivity contribution in [1.29, 1.82) is 0 Å². The first kappa shape index (κ1) is 13.5. The van der Waals surface area contributed by atoms with Gasteiger partial charge in [-0.1, -0.05) is 27.2 Å². The van der Waals surface area contributed by atoms with Gasteiger partial charge < -0.3 is 16.3 Å². The molecule has 0 atom stereocenters. The highest BCUT2D eigenvalue weighted by atomic mass is 79.9. The van der Waals surface area contributed by atoms with Gasteiger partial charge in [-0.3, -0.25) is 4.79 Å². The third kappa shape index (κ3) is 3.74.